The van der Waals surface area contributed by atoms with Crippen LogP contribution in [0.5, 0.6) is 0 Å². The quantitative estimate of drug-likeness (QED) is 0.383. The Labute approximate surface area is 212 Å². The van der Waals surface area contributed by atoms with Gasteiger partial charge in [-0.3, -0.25) is 14.3 Å². The highest BCUT2D eigenvalue weighted by Crippen LogP contribution is 2.47. The van der Waals surface area contributed by atoms with Gasteiger partial charge in [-0.15, -0.1) is 6.58 Å². The summed E-state index contributed by atoms with van der Waals surface area (Å²) in [5.41, 5.74) is -2.36. The maximum Gasteiger partial charge on any atom is 0.330 e. The molecule has 1 aliphatic heterocycles. The molecule has 1 aromatic heterocycles. The van der Waals surface area contributed by atoms with Crippen molar-refractivity contribution in [1.29, 1.82) is 0 Å². The van der Waals surface area contributed by atoms with Crippen LogP contribution in [0.1, 0.15) is 59.8 Å². The van der Waals surface area contributed by atoms with Crippen molar-refractivity contribution in [1.82, 2.24) is 9.55 Å². The first-order valence-electron chi connectivity index (χ1n) is 12.3. The van der Waals surface area contributed by atoms with E-state index >= 15 is 0 Å². The Kier molecular flexibility index (Phi) is 8.43. The summed E-state index contributed by atoms with van der Waals surface area (Å²) in [6, 6.07) is 0. The molecule has 2 N–H and O–H groups in total. The molecule has 0 spiro atoms. The molecule has 0 aliphatic carbocycles. The summed E-state index contributed by atoms with van der Waals surface area (Å²) in [5, 5.41) is 12.0. The van der Waals surface area contributed by atoms with Crippen molar-refractivity contribution in [3.63, 3.8) is 0 Å². The topological polar surface area (TPSA) is 103 Å². The number of H-pyrrole nitrogens is 1. The van der Waals surface area contributed by atoms with Crippen LogP contribution >= 0.6 is 0 Å². The summed E-state index contributed by atoms with van der Waals surface area (Å²) >= 11 is 0. The molecule has 1 saturated heterocycles. The van der Waals surface area contributed by atoms with Crippen molar-refractivity contribution in [2.45, 2.75) is 115 Å². The van der Waals surface area contributed by atoms with Crippen LogP contribution in [-0.4, -0.2) is 55.7 Å². The number of nitrogens with zero attached hydrogens (tertiary/aromatic N) is 1. The van der Waals surface area contributed by atoms with Gasteiger partial charge in [0.2, 0.25) is 0 Å². The Hall–Kier alpha value is -1.31. The van der Waals surface area contributed by atoms with Crippen LogP contribution in [0.25, 0.3) is 0 Å². The lowest BCUT2D eigenvalue weighted by Crippen LogP contribution is -2.56. The normalized spacial score (nSPS) is 26.2. The monoisotopic (exact) mass is 526 g/mol. The molecular formula is C25H46N2O6Si2. The molecule has 35 heavy (non-hydrogen) atoms. The Morgan fingerprint density at radius 2 is 1.69 bits per heavy atom. The lowest BCUT2D eigenvalue weighted by Gasteiger charge is -2.43. The molecule has 4 atom stereocenters. The van der Waals surface area contributed by atoms with Gasteiger partial charge in [-0.05, 0) is 43.2 Å². The molecule has 0 aromatic carbocycles. The van der Waals surface area contributed by atoms with E-state index in [4.69, 9.17) is 13.6 Å². The summed E-state index contributed by atoms with van der Waals surface area (Å²) in [4.78, 5) is 27.1. The van der Waals surface area contributed by atoms with Crippen molar-refractivity contribution < 1.29 is 18.7 Å². The van der Waals surface area contributed by atoms with Gasteiger partial charge in [0.15, 0.2) is 22.9 Å². The van der Waals surface area contributed by atoms with Crippen LogP contribution in [-0.2, 0) is 13.6 Å². The third kappa shape index (κ3) is 5.99. The summed E-state index contributed by atoms with van der Waals surface area (Å²) in [6.07, 6.45) is 0.728. The molecule has 1 aromatic rings. The lowest BCUT2D eigenvalue weighted by molar-refractivity contribution is -0.107. The van der Waals surface area contributed by atoms with E-state index < -0.39 is 51.9 Å². The molecule has 8 nitrogen and oxygen atoms in total. The summed E-state index contributed by atoms with van der Waals surface area (Å²) in [5.74, 6) is 0. The van der Waals surface area contributed by atoms with Crippen LogP contribution in [0.4, 0.5) is 0 Å². The van der Waals surface area contributed by atoms with Crippen molar-refractivity contribution in [2.24, 2.45) is 0 Å². The number of aromatic nitrogens is 2. The second-order valence-electron chi connectivity index (χ2n) is 12.9. The zero-order valence-corrected chi connectivity index (χ0v) is 25.4. The molecule has 10 heteroatoms. The Bertz CT molecular complexity index is 1030. The molecule has 2 heterocycles. The molecule has 1 aliphatic rings. The molecule has 1 fully saturated rings. The van der Waals surface area contributed by atoms with Crippen LogP contribution < -0.4 is 11.2 Å². The number of aryl methyl sites for hydroxylation is 1. The molecule has 0 bridgehead atoms. The van der Waals surface area contributed by atoms with Gasteiger partial charge in [0.1, 0.15) is 17.8 Å². The highest BCUT2D eigenvalue weighted by atomic mass is 28.4. The van der Waals surface area contributed by atoms with E-state index in [9.17, 15) is 14.7 Å². The van der Waals surface area contributed by atoms with Crippen LogP contribution in [0.3, 0.4) is 0 Å². The third-order valence-corrected chi connectivity index (χ3v) is 17.0. The van der Waals surface area contributed by atoms with Gasteiger partial charge in [0.25, 0.3) is 5.56 Å². The minimum atomic E-state index is -2.37. The maximum absolute atomic E-state index is 12.8. The van der Waals surface area contributed by atoms with Crippen molar-refractivity contribution >= 4 is 16.6 Å². The number of nitrogens with one attached hydrogen (secondary N) is 1. The van der Waals surface area contributed by atoms with E-state index in [1.54, 1.807) is 13.0 Å². The molecule has 0 radical (unpaired) electrons. The molecule has 0 amide bonds. The van der Waals surface area contributed by atoms with Gasteiger partial charge in [0.05, 0.1) is 6.61 Å². The Balaban J connectivity index is 2.62. The minimum Gasteiger partial charge on any atom is -0.414 e. The SMILES string of the molecule is C=CC[C@@]1(O)[C@H](O[Si](C)(C)C(C)(C)C)[C@@H](CO[Si](C)(C)C(C)(C)C)O[C@H]1n1cc(C)c(=O)[nH]c1=O. The summed E-state index contributed by atoms with van der Waals surface area (Å²) < 4.78 is 21.0. The average molecular weight is 527 g/mol. The van der Waals surface area contributed by atoms with Gasteiger partial charge in [-0.25, -0.2) is 4.79 Å². The van der Waals surface area contributed by atoms with Gasteiger partial charge in [-0.2, -0.15) is 0 Å². The smallest absolute Gasteiger partial charge is 0.330 e. The van der Waals surface area contributed by atoms with Crippen LogP contribution in [0.2, 0.25) is 36.3 Å². The van der Waals surface area contributed by atoms with Crippen molar-refractivity contribution in [2.75, 3.05) is 6.61 Å². The minimum absolute atomic E-state index is 0.00875. The Morgan fingerprint density at radius 1 is 1.14 bits per heavy atom. The molecule has 200 valence electrons. The zero-order chi connectivity index (χ0) is 27.2. The van der Waals surface area contributed by atoms with Gasteiger partial charge in [-0.1, -0.05) is 47.6 Å². The summed E-state index contributed by atoms with van der Waals surface area (Å²) in [7, 11) is -4.50. The van der Waals surface area contributed by atoms with Crippen molar-refractivity contribution in [3.8, 4) is 0 Å². The number of hydrogen-bond donors (Lipinski definition) is 2. The first-order valence-corrected chi connectivity index (χ1v) is 18.1. The number of aliphatic hydroxyl groups is 1. The first-order chi connectivity index (χ1) is 15.7. The Morgan fingerprint density at radius 3 is 2.17 bits per heavy atom. The van der Waals surface area contributed by atoms with Crippen molar-refractivity contribution in [3.05, 3.63) is 45.3 Å². The van der Waals surface area contributed by atoms with Gasteiger partial charge in [0, 0.05) is 18.2 Å². The number of aromatic amines is 1. The van der Waals surface area contributed by atoms with Gasteiger partial charge < -0.3 is 18.7 Å². The van der Waals surface area contributed by atoms with E-state index in [2.05, 4.69) is 79.3 Å². The number of rotatable bonds is 8. The second-order valence-corrected chi connectivity index (χ2v) is 22.4. The highest BCUT2D eigenvalue weighted by molar-refractivity contribution is 6.74. The van der Waals surface area contributed by atoms with E-state index in [-0.39, 0.29) is 23.1 Å². The average Bonchev–Trinajstić information content (AvgIpc) is 2.93. The summed E-state index contributed by atoms with van der Waals surface area (Å²) in [6.45, 7) is 27.1. The lowest BCUT2D eigenvalue weighted by atomic mass is 9.90. The molecule has 2 rings (SSSR count). The fraction of sp³-hybridized carbons (Fsp3) is 0.760. The fourth-order valence-corrected chi connectivity index (χ4v) is 6.00. The van der Waals surface area contributed by atoms with E-state index in [1.807, 2.05) is 0 Å². The van der Waals surface area contributed by atoms with Gasteiger partial charge >= 0.3 is 5.69 Å². The largest absolute Gasteiger partial charge is 0.414 e. The van der Waals surface area contributed by atoms with E-state index in [1.165, 1.54) is 10.8 Å². The maximum atomic E-state index is 12.8. The predicted octanol–water partition coefficient (Wildman–Crippen LogP) is 4.46. The molecular weight excluding hydrogens is 480 g/mol. The number of hydrogen-bond acceptors (Lipinski definition) is 6. The standard InChI is InChI=1S/C25H46N2O6Si2/c1-13-14-25(30)19(33-35(11,12)24(6,7)8)18(16-31-34(9,10)23(3,4)5)32-21(25)27-15-17(2)20(28)26-22(27)29/h13,15,18-19,21,30H,1,14,16H2,2-12H3,(H,26,28,29)/t18-,19-,21-,25-/m1/s1. The van der Waals surface area contributed by atoms with Crippen LogP contribution in [0.15, 0.2) is 28.4 Å². The zero-order valence-electron chi connectivity index (χ0n) is 23.4. The number of ether oxygens (including phenoxy) is 1. The van der Waals surface area contributed by atoms with Crippen LogP contribution in [0, 0.1) is 6.92 Å². The van der Waals surface area contributed by atoms with E-state index in [0.29, 0.717) is 5.56 Å². The second kappa shape index (κ2) is 9.87. The first kappa shape index (κ1) is 29.9. The third-order valence-electron chi connectivity index (χ3n) is 8.07. The van der Waals surface area contributed by atoms with E-state index in [0.717, 1.165) is 0 Å². The highest BCUT2D eigenvalue weighted by Gasteiger charge is 2.59. The predicted molar refractivity (Wildman–Crippen MR) is 145 cm³/mol. The molecule has 0 unspecified atom stereocenters. The molecule has 0 saturated carbocycles. The fourth-order valence-electron chi connectivity index (χ4n) is 3.64.